The van der Waals surface area contributed by atoms with Crippen LogP contribution in [-0.4, -0.2) is 11.7 Å². The third-order valence-electron chi connectivity index (χ3n) is 7.30. The number of nitrogens with one attached hydrogen (secondary N) is 1. The first-order valence-corrected chi connectivity index (χ1v) is 9.70. The molecule has 2 bridgehead atoms. The maximum absolute atomic E-state index is 13.2. The quantitative estimate of drug-likeness (QED) is 0.683. The number of Topliss-reactive ketones (excluding diaryl/α,β-unsaturated/α-hetero) is 1. The second-order valence-electron chi connectivity index (χ2n) is 8.68. The molecule has 2 atom stereocenters. The van der Waals surface area contributed by atoms with E-state index in [-0.39, 0.29) is 17.1 Å². The van der Waals surface area contributed by atoms with Gasteiger partial charge in [0.05, 0.1) is 16.8 Å². The van der Waals surface area contributed by atoms with Crippen molar-refractivity contribution in [1.82, 2.24) is 0 Å². The number of azo groups is 1. The molecule has 2 aromatic rings. The highest BCUT2D eigenvalue weighted by atomic mass is 16.2. The van der Waals surface area contributed by atoms with E-state index in [1.807, 2.05) is 61.5 Å². The summed E-state index contributed by atoms with van der Waals surface area (Å²) in [5, 5.41) is 11.4. The van der Waals surface area contributed by atoms with Crippen LogP contribution in [-0.2, 0) is 9.59 Å². The number of carbonyl (C=O) groups excluding carboxylic acids is 2. The fraction of sp³-hybridized carbons (Fsp3) is 0.391. The van der Waals surface area contributed by atoms with Crippen LogP contribution in [0.15, 0.2) is 64.8 Å². The summed E-state index contributed by atoms with van der Waals surface area (Å²) in [6.45, 7) is 6.15. The van der Waals surface area contributed by atoms with Gasteiger partial charge in [0.2, 0.25) is 5.91 Å². The van der Waals surface area contributed by atoms with Crippen LogP contribution < -0.4 is 5.32 Å². The Morgan fingerprint density at radius 2 is 1.50 bits per heavy atom. The molecular weight excluding hydrogens is 350 g/mol. The molecular formula is C23H25N3O2. The number of amides is 1. The molecule has 2 aliphatic carbocycles. The fourth-order valence-electron chi connectivity index (χ4n) is 4.83. The van der Waals surface area contributed by atoms with Gasteiger partial charge in [0.25, 0.3) is 0 Å². The van der Waals surface area contributed by atoms with Crippen molar-refractivity contribution in [2.45, 2.75) is 40.0 Å². The monoisotopic (exact) mass is 375 g/mol. The zero-order chi connectivity index (χ0) is 20.0. The van der Waals surface area contributed by atoms with E-state index in [9.17, 15) is 9.59 Å². The maximum atomic E-state index is 13.2. The normalized spacial score (nSPS) is 28.0. The third kappa shape index (κ3) is 2.60. The molecule has 5 heteroatoms. The summed E-state index contributed by atoms with van der Waals surface area (Å²) in [4.78, 5) is 25.8. The van der Waals surface area contributed by atoms with Gasteiger partial charge < -0.3 is 5.32 Å². The summed E-state index contributed by atoms with van der Waals surface area (Å²) in [5.74, 6) is 0.168. The van der Waals surface area contributed by atoms with E-state index in [0.717, 1.165) is 18.5 Å². The van der Waals surface area contributed by atoms with Gasteiger partial charge in [0.1, 0.15) is 5.78 Å². The second-order valence-corrected chi connectivity index (χ2v) is 8.68. The number of rotatable bonds is 4. The highest BCUT2D eigenvalue weighted by molar-refractivity contribution is 6.04. The van der Waals surface area contributed by atoms with E-state index in [4.69, 9.17) is 0 Å². The van der Waals surface area contributed by atoms with Gasteiger partial charge in [-0.15, -0.1) is 0 Å². The van der Waals surface area contributed by atoms with Crippen LogP contribution in [0.4, 0.5) is 17.1 Å². The number of fused-ring (bicyclic) bond motifs is 2. The van der Waals surface area contributed by atoms with E-state index < -0.39 is 10.8 Å². The van der Waals surface area contributed by atoms with E-state index in [2.05, 4.69) is 29.4 Å². The van der Waals surface area contributed by atoms with Crippen LogP contribution in [0.5, 0.6) is 0 Å². The lowest BCUT2D eigenvalue weighted by Crippen LogP contribution is -2.43. The second kappa shape index (κ2) is 6.36. The minimum atomic E-state index is -0.621. The standard InChI is InChI=1S/C23H25N3O2/c1-21(2)22(3)13-14-23(21,15-19(22)27)20(28)24-16-9-11-18(12-10-16)26-25-17-7-5-4-6-8-17/h4-12H,13-15H2,1-3H3,(H,24,28)/t22-,23+/m0/s1. The number of ketones is 1. The van der Waals surface area contributed by atoms with Crippen LogP contribution in [0.2, 0.25) is 0 Å². The van der Waals surface area contributed by atoms with Crippen molar-refractivity contribution >= 4 is 28.8 Å². The molecule has 1 amide bonds. The summed E-state index contributed by atoms with van der Waals surface area (Å²) in [6.07, 6.45) is 1.88. The summed E-state index contributed by atoms with van der Waals surface area (Å²) < 4.78 is 0. The molecule has 144 valence electrons. The van der Waals surface area contributed by atoms with Crippen molar-refractivity contribution in [3.63, 3.8) is 0 Å². The van der Waals surface area contributed by atoms with Crippen molar-refractivity contribution in [3.8, 4) is 0 Å². The summed E-state index contributed by atoms with van der Waals surface area (Å²) in [6, 6.07) is 16.8. The topological polar surface area (TPSA) is 70.9 Å². The Labute approximate surface area is 165 Å². The number of benzene rings is 2. The van der Waals surface area contributed by atoms with Gasteiger partial charge in [-0.25, -0.2) is 0 Å². The zero-order valence-electron chi connectivity index (χ0n) is 16.5. The molecule has 0 aromatic heterocycles. The number of carbonyl (C=O) groups is 2. The molecule has 0 radical (unpaired) electrons. The number of hydrogen-bond acceptors (Lipinski definition) is 4. The molecule has 0 heterocycles. The Balaban J connectivity index is 1.49. The first-order chi connectivity index (χ1) is 13.3. The van der Waals surface area contributed by atoms with Gasteiger partial charge in [0.15, 0.2) is 0 Å². The van der Waals surface area contributed by atoms with Gasteiger partial charge in [-0.3, -0.25) is 9.59 Å². The first-order valence-electron chi connectivity index (χ1n) is 9.70. The molecule has 2 aromatic carbocycles. The van der Waals surface area contributed by atoms with Crippen molar-refractivity contribution in [2.24, 2.45) is 26.5 Å². The van der Waals surface area contributed by atoms with Gasteiger partial charge >= 0.3 is 0 Å². The fourth-order valence-corrected chi connectivity index (χ4v) is 4.83. The summed E-state index contributed by atoms with van der Waals surface area (Å²) >= 11 is 0. The lowest BCUT2D eigenvalue weighted by molar-refractivity contribution is -0.131. The first kappa shape index (κ1) is 18.5. The van der Waals surface area contributed by atoms with Gasteiger partial charge in [-0.05, 0) is 54.7 Å². The van der Waals surface area contributed by atoms with Crippen LogP contribution in [0.1, 0.15) is 40.0 Å². The van der Waals surface area contributed by atoms with E-state index >= 15 is 0 Å². The Kier molecular flexibility index (Phi) is 4.21. The smallest absolute Gasteiger partial charge is 0.231 e. The third-order valence-corrected chi connectivity index (χ3v) is 7.30. The molecule has 1 N–H and O–H groups in total. The Hall–Kier alpha value is -2.82. The molecule has 0 saturated heterocycles. The molecule has 5 nitrogen and oxygen atoms in total. The average Bonchev–Trinajstić information content (AvgIpc) is 2.99. The molecule has 2 aliphatic rings. The zero-order valence-corrected chi connectivity index (χ0v) is 16.5. The maximum Gasteiger partial charge on any atom is 0.231 e. The average molecular weight is 375 g/mol. The van der Waals surface area contributed by atoms with E-state index in [0.29, 0.717) is 17.8 Å². The van der Waals surface area contributed by atoms with Crippen molar-refractivity contribution < 1.29 is 9.59 Å². The largest absolute Gasteiger partial charge is 0.326 e. The van der Waals surface area contributed by atoms with Crippen molar-refractivity contribution in [3.05, 3.63) is 54.6 Å². The molecule has 0 spiro atoms. The Bertz CT molecular complexity index is 950. The minimum Gasteiger partial charge on any atom is -0.326 e. The van der Waals surface area contributed by atoms with E-state index in [1.54, 1.807) is 0 Å². The number of nitrogens with zero attached hydrogens (tertiary/aromatic N) is 2. The predicted octanol–water partition coefficient (Wildman–Crippen LogP) is 5.83. The molecule has 0 aliphatic heterocycles. The molecule has 4 rings (SSSR count). The number of anilines is 1. The van der Waals surface area contributed by atoms with Crippen LogP contribution >= 0.6 is 0 Å². The predicted molar refractivity (Wildman–Crippen MR) is 109 cm³/mol. The van der Waals surface area contributed by atoms with E-state index in [1.165, 1.54) is 0 Å². The van der Waals surface area contributed by atoms with Gasteiger partial charge in [0, 0.05) is 17.5 Å². The SMILES string of the molecule is CC1(C)[C@]2(C(=O)Nc3ccc(N=Nc4ccccc4)cc3)CC[C@@]1(C)C(=O)C2. The lowest BCUT2D eigenvalue weighted by atomic mass is 9.64. The van der Waals surface area contributed by atoms with Gasteiger partial charge in [-0.2, -0.15) is 10.2 Å². The Morgan fingerprint density at radius 1 is 0.893 bits per heavy atom. The minimum absolute atomic E-state index is 0.0502. The molecule has 0 unspecified atom stereocenters. The number of hydrogen-bond donors (Lipinski definition) is 1. The Morgan fingerprint density at radius 3 is 2.04 bits per heavy atom. The molecule has 2 saturated carbocycles. The van der Waals surface area contributed by atoms with Crippen molar-refractivity contribution in [1.29, 1.82) is 0 Å². The van der Waals surface area contributed by atoms with Crippen LogP contribution in [0, 0.1) is 16.2 Å². The van der Waals surface area contributed by atoms with Crippen LogP contribution in [0.3, 0.4) is 0 Å². The molecule has 28 heavy (non-hydrogen) atoms. The highest BCUT2D eigenvalue weighted by Gasteiger charge is 2.72. The van der Waals surface area contributed by atoms with Crippen molar-refractivity contribution in [2.75, 3.05) is 5.32 Å². The summed E-state index contributed by atoms with van der Waals surface area (Å²) in [7, 11) is 0. The van der Waals surface area contributed by atoms with Gasteiger partial charge in [-0.1, -0.05) is 39.0 Å². The molecule has 2 fully saturated rings. The van der Waals surface area contributed by atoms with Crippen LogP contribution in [0.25, 0.3) is 0 Å². The lowest BCUT2D eigenvalue weighted by Gasteiger charge is -2.38. The highest BCUT2D eigenvalue weighted by Crippen LogP contribution is 2.70. The summed E-state index contributed by atoms with van der Waals surface area (Å²) in [5.41, 5.74) is 0.852.